The Hall–Kier alpha value is -1.53. The first kappa shape index (κ1) is 15.9. The summed E-state index contributed by atoms with van der Waals surface area (Å²) < 4.78 is 0. The molecule has 0 saturated heterocycles. The molecule has 0 aliphatic rings. The summed E-state index contributed by atoms with van der Waals surface area (Å²) in [5, 5.41) is 7.91. The lowest BCUT2D eigenvalue weighted by molar-refractivity contribution is 0.921. The SMILES string of the molecule is CCSc1cccc(N(C)Cc2scnc2C)c1C(=N)N. The molecule has 4 nitrogen and oxygen atoms in total. The Bertz CT molecular complexity index is 636. The van der Waals surface area contributed by atoms with Crippen molar-refractivity contribution in [2.45, 2.75) is 25.3 Å². The number of thiazole rings is 1. The summed E-state index contributed by atoms with van der Waals surface area (Å²) in [7, 11) is 2.03. The van der Waals surface area contributed by atoms with Crippen LogP contribution in [0.1, 0.15) is 23.1 Å². The van der Waals surface area contributed by atoms with E-state index in [9.17, 15) is 0 Å². The van der Waals surface area contributed by atoms with Crippen LogP contribution in [0.4, 0.5) is 5.69 Å². The molecule has 0 aliphatic carbocycles. The van der Waals surface area contributed by atoms with Crippen molar-refractivity contribution in [2.75, 3.05) is 17.7 Å². The second-order valence-corrected chi connectivity index (χ2v) is 6.96. The highest BCUT2D eigenvalue weighted by atomic mass is 32.2. The Balaban J connectivity index is 2.36. The van der Waals surface area contributed by atoms with Gasteiger partial charge in [-0.1, -0.05) is 13.0 Å². The van der Waals surface area contributed by atoms with E-state index in [0.717, 1.165) is 34.1 Å². The quantitative estimate of drug-likeness (QED) is 0.486. The van der Waals surface area contributed by atoms with Gasteiger partial charge in [-0.15, -0.1) is 23.1 Å². The van der Waals surface area contributed by atoms with Crippen LogP contribution in [0.25, 0.3) is 0 Å². The minimum Gasteiger partial charge on any atom is -0.384 e. The van der Waals surface area contributed by atoms with Gasteiger partial charge in [0.2, 0.25) is 0 Å². The summed E-state index contributed by atoms with van der Waals surface area (Å²) in [6.07, 6.45) is 0. The van der Waals surface area contributed by atoms with Gasteiger partial charge in [0.1, 0.15) is 5.84 Å². The lowest BCUT2D eigenvalue weighted by Crippen LogP contribution is -2.22. The monoisotopic (exact) mass is 320 g/mol. The van der Waals surface area contributed by atoms with Gasteiger partial charge in [-0.2, -0.15) is 0 Å². The molecule has 0 unspecified atom stereocenters. The summed E-state index contributed by atoms with van der Waals surface area (Å²) >= 11 is 3.37. The number of hydrogen-bond donors (Lipinski definition) is 2. The predicted octanol–water partition coefficient (Wildman–Crippen LogP) is 3.48. The van der Waals surface area contributed by atoms with Crippen molar-refractivity contribution in [3.8, 4) is 0 Å². The van der Waals surface area contributed by atoms with Crippen molar-refractivity contribution in [3.05, 3.63) is 39.8 Å². The molecule has 2 rings (SSSR count). The molecule has 0 saturated carbocycles. The van der Waals surface area contributed by atoms with Crippen LogP contribution in [-0.2, 0) is 6.54 Å². The van der Waals surface area contributed by atoms with Crippen molar-refractivity contribution in [3.63, 3.8) is 0 Å². The van der Waals surface area contributed by atoms with Crippen molar-refractivity contribution in [2.24, 2.45) is 5.73 Å². The molecule has 0 bridgehead atoms. The Morgan fingerprint density at radius 1 is 1.48 bits per heavy atom. The number of thioether (sulfide) groups is 1. The third kappa shape index (κ3) is 3.57. The molecule has 2 aromatic rings. The molecule has 0 amide bonds. The van der Waals surface area contributed by atoms with Crippen molar-refractivity contribution in [1.29, 1.82) is 5.41 Å². The summed E-state index contributed by atoms with van der Waals surface area (Å²) in [5.74, 6) is 1.08. The van der Waals surface area contributed by atoms with Gasteiger partial charge < -0.3 is 10.6 Å². The zero-order chi connectivity index (χ0) is 15.4. The molecular formula is C15H20N4S2. The second-order valence-electron chi connectivity index (χ2n) is 4.71. The molecule has 0 atom stereocenters. The number of aryl methyl sites for hydroxylation is 1. The van der Waals surface area contributed by atoms with E-state index in [1.54, 1.807) is 23.1 Å². The van der Waals surface area contributed by atoms with Crippen molar-refractivity contribution >= 4 is 34.6 Å². The molecule has 0 spiro atoms. The van der Waals surface area contributed by atoms with Crippen LogP contribution >= 0.6 is 23.1 Å². The summed E-state index contributed by atoms with van der Waals surface area (Å²) in [6, 6.07) is 6.07. The molecule has 3 N–H and O–H groups in total. The molecule has 0 radical (unpaired) electrons. The van der Waals surface area contributed by atoms with E-state index in [1.807, 2.05) is 37.7 Å². The van der Waals surface area contributed by atoms with Gasteiger partial charge in [-0.3, -0.25) is 5.41 Å². The average molecular weight is 320 g/mol. The van der Waals surface area contributed by atoms with E-state index in [2.05, 4.69) is 16.8 Å². The fraction of sp³-hybridized carbons (Fsp3) is 0.333. The fourth-order valence-corrected chi connectivity index (χ4v) is 3.84. The van der Waals surface area contributed by atoms with Crippen LogP contribution in [-0.4, -0.2) is 23.6 Å². The standard InChI is InChI=1S/C15H20N4S2/c1-4-20-12-7-5-6-11(14(12)15(16)17)19(3)8-13-10(2)18-9-21-13/h5-7,9H,4,8H2,1-3H3,(H3,16,17). The molecule has 0 aliphatic heterocycles. The first-order chi connectivity index (χ1) is 10.0. The molecule has 21 heavy (non-hydrogen) atoms. The maximum absolute atomic E-state index is 7.91. The highest BCUT2D eigenvalue weighted by Crippen LogP contribution is 2.31. The van der Waals surface area contributed by atoms with Crippen LogP contribution in [0, 0.1) is 12.3 Å². The number of nitrogens with one attached hydrogen (secondary N) is 1. The molecular weight excluding hydrogens is 300 g/mol. The molecule has 112 valence electrons. The molecule has 1 aromatic carbocycles. The van der Waals surface area contributed by atoms with E-state index >= 15 is 0 Å². The van der Waals surface area contributed by atoms with Gasteiger partial charge in [-0.05, 0) is 24.8 Å². The highest BCUT2D eigenvalue weighted by molar-refractivity contribution is 7.99. The van der Waals surface area contributed by atoms with Crippen LogP contribution < -0.4 is 10.6 Å². The van der Waals surface area contributed by atoms with Gasteiger partial charge in [0.25, 0.3) is 0 Å². The number of benzene rings is 1. The third-order valence-electron chi connectivity index (χ3n) is 3.21. The van der Waals surface area contributed by atoms with E-state index in [4.69, 9.17) is 11.1 Å². The lowest BCUT2D eigenvalue weighted by atomic mass is 10.1. The Labute approximate surface area is 133 Å². The van der Waals surface area contributed by atoms with Gasteiger partial charge in [-0.25, -0.2) is 4.98 Å². The molecule has 1 aromatic heterocycles. The average Bonchev–Trinajstić information content (AvgIpc) is 2.84. The lowest BCUT2D eigenvalue weighted by Gasteiger charge is -2.23. The smallest absolute Gasteiger partial charge is 0.126 e. The van der Waals surface area contributed by atoms with Crippen LogP contribution in [0.15, 0.2) is 28.6 Å². The number of hydrogen-bond acceptors (Lipinski definition) is 5. The first-order valence-electron chi connectivity index (χ1n) is 6.74. The molecule has 0 fully saturated rings. The van der Waals surface area contributed by atoms with E-state index in [0.29, 0.717) is 0 Å². The van der Waals surface area contributed by atoms with Gasteiger partial charge in [0, 0.05) is 22.5 Å². The maximum atomic E-state index is 7.91. The second kappa shape index (κ2) is 6.95. The molecule has 6 heteroatoms. The predicted molar refractivity (Wildman–Crippen MR) is 92.8 cm³/mol. The minimum absolute atomic E-state index is 0.120. The van der Waals surface area contributed by atoms with Crippen LogP contribution in [0.2, 0.25) is 0 Å². The summed E-state index contributed by atoms with van der Waals surface area (Å²) in [6.45, 7) is 4.90. The number of nitrogens with two attached hydrogens (primary N) is 1. The number of nitrogens with zero attached hydrogens (tertiary/aromatic N) is 2. The Morgan fingerprint density at radius 2 is 2.24 bits per heavy atom. The van der Waals surface area contributed by atoms with Gasteiger partial charge in [0.05, 0.1) is 23.3 Å². The zero-order valence-corrected chi connectivity index (χ0v) is 14.1. The van der Waals surface area contributed by atoms with E-state index < -0.39 is 0 Å². The zero-order valence-electron chi connectivity index (χ0n) is 12.5. The highest BCUT2D eigenvalue weighted by Gasteiger charge is 2.15. The number of nitrogen functional groups attached to an aromatic ring is 1. The van der Waals surface area contributed by atoms with Crippen LogP contribution in [0.3, 0.4) is 0 Å². The Morgan fingerprint density at radius 3 is 2.81 bits per heavy atom. The summed E-state index contributed by atoms with van der Waals surface area (Å²) in [5.41, 5.74) is 10.6. The largest absolute Gasteiger partial charge is 0.384 e. The van der Waals surface area contributed by atoms with Gasteiger partial charge >= 0.3 is 0 Å². The van der Waals surface area contributed by atoms with E-state index in [-0.39, 0.29) is 5.84 Å². The van der Waals surface area contributed by atoms with Crippen molar-refractivity contribution < 1.29 is 0 Å². The molecule has 1 heterocycles. The van der Waals surface area contributed by atoms with Gasteiger partial charge in [0.15, 0.2) is 0 Å². The first-order valence-corrected chi connectivity index (χ1v) is 8.61. The Kier molecular flexibility index (Phi) is 5.25. The number of rotatable bonds is 6. The third-order valence-corrected chi connectivity index (χ3v) is 5.07. The maximum Gasteiger partial charge on any atom is 0.126 e. The number of aromatic nitrogens is 1. The normalized spacial score (nSPS) is 10.6. The minimum atomic E-state index is 0.120. The van der Waals surface area contributed by atoms with Crippen molar-refractivity contribution in [1.82, 2.24) is 4.98 Å². The number of amidine groups is 1. The van der Waals surface area contributed by atoms with E-state index in [1.165, 1.54) is 4.88 Å². The summed E-state index contributed by atoms with van der Waals surface area (Å²) in [4.78, 5) is 8.73. The fourth-order valence-electron chi connectivity index (χ4n) is 2.16. The number of anilines is 1. The topological polar surface area (TPSA) is 66.0 Å². The van der Waals surface area contributed by atoms with Crippen LogP contribution in [0.5, 0.6) is 0 Å².